The smallest absolute Gasteiger partial charge is 0.254 e. The van der Waals surface area contributed by atoms with Gasteiger partial charge in [0.25, 0.3) is 5.89 Å². The number of nitrogens with zero attached hydrogens (tertiary/aromatic N) is 2. The van der Waals surface area contributed by atoms with Gasteiger partial charge in [0.1, 0.15) is 5.75 Å². The first-order valence-electron chi connectivity index (χ1n) is 6.38. The van der Waals surface area contributed by atoms with E-state index in [1.54, 1.807) is 36.4 Å². The van der Waals surface area contributed by atoms with Gasteiger partial charge >= 0.3 is 0 Å². The molecule has 1 heterocycles. The average molecular weight is 390 g/mol. The van der Waals surface area contributed by atoms with E-state index in [0.717, 1.165) is 0 Å². The van der Waals surface area contributed by atoms with E-state index < -0.39 is 0 Å². The van der Waals surface area contributed by atoms with E-state index in [1.165, 1.54) is 0 Å². The van der Waals surface area contributed by atoms with Gasteiger partial charge in [0.15, 0.2) is 6.61 Å². The van der Waals surface area contributed by atoms with Crippen molar-refractivity contribution in [2.45, 2.75) is 6.61 Å². The van der Waals surface area contributed by atoms with E-state index in [9.17, 15) is 0 Å². The standard InChI is InChI=1S/C15H8Cl4N2O2/c16-8-1-3-10(11(18)5-8)15-21-20-14(23-15)7-22-13-4-2-9(17)6-12(13)19/h1-6H,7H2. The molecule has 2 aromatic carbocycles. The van der Waals surface area contributed by atoms with Crippen LogP contribution in [0.2, 0.25) is 20.1 Å². The van der Waals surface area contributed by atoms with Crippen molar-refractivity contribution in [3.05, 3.63) is 62.4 Å². The predicted octanol–water partition coefficient (Wildman–Crippen LogP) is 5.93. The van der Waals surface area contributed by atoms with Crippen molar-refractivity contribution in [3.8, 4) is 17.2 Å². The van der Waals surface area contributed by atoms with Gasteiger partial charge in [-0.25, -0.2) is 0 Å². The van der Waals surface area contributed by atoms with Crippen molar-refractivity contribution in [1.82, 2.24) is 10.2 Å². The number of rotatable bonds is 4. The minimum atomic E-state index is 0.0690. The van der Waals surface area contributed by atoms with Gasteiger partial charge in [-0.05, 0) is 36.4 Å². The van der Waals surface area contributed by atoms with Crippen LogP contribution < -0.4 is 4.74 Å². The molecule has 23 heavy (non-hydrogen) atoms. The van der Waals surface area contributed by atoms with Gasteiger partial charge in [-0.3, -0.25) is 0 Å². The number of hydrogen-bond acceptors (Lipinski definition) is 4. The predicted molar refractivity (Wildman–Crippen MR) is 90.5 cm³/mol. The highest BCUT2D eigenvalue weighted by Gasteiger charge is 2.13. The first-order valence-corrected chi connectivity index (χ1v) is 7.90. The Hall–Kier alpha value is -1.46. The first-order chi connectivity index (χ1) is 11.0. The highest BCUT2D eigenvalue weighted by molar-refractivity contribution is 6.36. The molecule has 0 saturated heterocycles. The number of ether oxygens (including phenoxy) is 1. The van der Waals surface area contributed by atoms with Crippen LogP contribution in [0.15, 0.2) is 40.8 Å². The van der Waals surface area contributed by atoms with E-state index in [2.05, 4.69) is 10.2 Å². The molecule has 0 unspecified atom stereocenters. The van der Waals surface area contributed by atoms with E-state index in [-0.39, 0.29) is 18.4 Å². The van der Waals surface area contributed by atoms with Crippen LogP contribution in [0.5, 0.6) is 5.75 Å². The topological polar surface area (TPSA) is 48.2 Å². The van der Waals surface area contributed by atoms with Crippen molar-refractivity contribution in [1.29, 1.82) is 0 Å². The maximum absolute atomic E-state index is 6.11. The summed E-state index contributed by atoms with van der Waals surface area (Å²) in [4.78, 5) is 0. The Balaban J connectivity index is 1.74. The minimum absolute atomic E-state index is 0.0690. The molecule has 3 aromatic rings. The molecule has 0 spiro atoms. The molecule has 118 valence electrons. The Morgan fingerprint density at radius 3 is 2.26 bits per heavy atom. The van der Waals surface area contributed by atoms with Crippen LogP contribution in [-0.4, -0.2) is 10.2 Å². The molecule has 3 rings (SSSR count). The van der Waals surface area contributed by atoms with E-state index in [4.69, 9.17) is 55.6 Å². The number of hydrogen-bond donors (Lipinski definition) is 0. The van der Waals surface area contributed by atoms with Gasteiger partial charge in [-0.1, -0.05) is 46.4 Å². The monoisotopic (exact) mass is 388 g/mol. The van der Waals surface area contributed by atoms with Crippen molar-refractivity contribution in [3.63, 3.8) is 0 Å². The molecular weight excluding hydrogens is 382 g/mol. The van der Waals surface area contributed by atoms with Crippen molar-refractivity contribution < 1.29 is 9.15 Å². The van der Waals surface area contributed by atoms with Crippen molar-refractivity contribution >= 4 is 46.4 Å². The molecular formula is C15H8Cl4N2O2. The zero-order valence-electron chi connectivity index (χ0n) is 11.4. The number of aromatic nitrogens is 2. The van der Waals surface area contributed by atoms with Gasteiger partial charge in [-0.2, -0.15) is 0 Å². The lowest BCUT2D eigenvalue weighted by molar-refractivity contribution is 0.264. The molecule has 0 aliphatic carbocycles. The Morgan fingerprint density at radius 1 is 0.870 bits per heavy atom. The van der Waals surface area contributed by atoms with Crippen LogP contribution in [0.25, 0.3) is 11.5 Å². The fourth-order valence-corrected chi connectivity index (χ4v) is 2.77. The maximum Gasteiger partial charge on any atom is 0.254 e. The molecule has 0 N–H and O–H groups in total. The molecule has 0 atom stereocenters. The number of halogens is 4. The van der Waals surface area contributed by atoms with E-state index in [0.29, 0.717) is 31.4 Å². The lowest BCUT2D eigenvalue weighted by Gasteiger charge is -2.05. The molecule has 0 bridgehead atoms. The second kappa shape index (κ2) is 6.97. The molecule has 8 heteroatoms. The largest absolute Gasteiger partial charge is 0.482 e. The van der Waals surface area contributed by atoms with Crippen molar-refractivity contribution in [2.24, 2.45) is 0 Å². The highest BCUT2D eigenvalue weighted by atomic mass is 35.5. The van der Waals surface area contributed by atoms with Gasteiger partial charge in [-0.15, -0.1) is 10.2 Å². The average Bonchev–Trinajstić information content (AvgIpc) is 2.95. The molecule has 4 nitrogen and oxygen atoms in total. The summed E-state index contributed by atoms with van der Waals surface area (Å²) >= 11 is 23.8. The molecule has 0 aliphatic rings. The fourth-order valence-electron chi connectivity index (χ4n) is 1.82. The van der Waals surface area contributed by atoms with Crippen LogP contribution in [0.4, 0.5) is 0 Å². The summed E-state index contributed by atoms with van der Waals surface area (Å²) in [5.74, 6) is 1.05. The van der Waals surface area contributed by atoms with E-state index >= 15 is 0 Å². The summed E-state index contributed by atoms with van der Waals surface area (Å²) in [6, 6.07) is 9.93. The summed E-state index contributed by atoms with van der Waals surface area (Å²) in [7, 11) is 0. The van der Waals surface area contributed by atoms with Gasteiger partial charge in [0, 0.05) is 10.0 Å². The van der Waals surface area contributed by atoms with Gasteiger partial charge in [0.05, 0.1) is 15.6 Å². The van der Waals surface area contributed by atoms with Crippen LogP contribution >= 0.6 is 46.4 Å². The zero-order valence-corrected chi connectivity index (χ0v) is 14.4. The SMILES string of the molecule is Clc1ccc(OCc2nnc(-c3ccc(Cl)cc3Cl)o2)c(Cl)c1. The Bertz CT molecular complexity index is 851. The lowest BCUT2D eigenvalue weighted by Crippen LogP contribution is -1.96. The second-order valence-corrected chi connectivity index (χ2v) is 6.18. The third-order valence-corrected chi connectivity index (χ3v) is 3.95. The molecule has 0 amide bonds. The second-order valence-electron chi connectivity index (χ2n) is 4.49. The third kappa shape index (κ3) is 3.90. The minimum Gasteiger partial charge on any atom is -0.482 e. The van der Waals surface area contributed by atoms with Crippen LogP contribution in [-0.2, 0) is 6.61 Å². The summed E-state index contributed by atoms with van der Waals surface area (Å²) in [6.07, 6.45) is 0. The molecule has 0 fully saturated rings. The van der Waals surface area contributed by atoms with Crippen LogP contribution in [0.1, 0.15) is 5.89 Å². The van der Waals surface area contributed by atoms with Gasteiger partial charge in [0.2, 0.25) is 5.89 Å². The van der Waals surface area contributed by atoms with Crippen molar-refractivity contribution in [2.75, 3.05) is 0 Å². The Kier molecular flexibility index (Phi) is 4.97. The zero-order chi connectivity index (χ0) is 16.4. The van der Waals surface area contributed by atoms with Crippen LogP contribution in [0, 0.1) is 0 Å². The molecule has 0 aliphatic heterocycles. The maximum atomic E-state index is 6.11. The van der Waals surface area contributed by atoms with Crippen LogP contribution in [0.3, 0.4) is 0 Å². The summed E-state index contributed by atoms with van der Waals surface area (Å²) in [5.41, 5.74) is 0.597. The number of benzene rings is 2. The van der Waals surface area contributed by atoms with E-state index in [1.807, 2.05) is 0 Å². The molecule has 0 radical (unpaired) electrons. The normalized spacial score (nSPS) is 10.8. The summed E-state index contributed by atoms with van der Waals surface area (Å²) in [5, 5.41) is 9.74. The third-order valence-electron chi connectivity index (χ3n) is 2.87. The fraction of sp³-hybridized carbons (Fsp3) is 0.0667. The van der Waals surface area contributed by atoms with Gasteiger partial charge < -0.3 is 9.15 Å². The molecule has 0 saturated carbocycles. The highest BCUT2D eigenvalue weighted by Crippen LogP contribution is 2.30. The molecule has 1 aromatic heterocycles. The lowest BCUT2D eigenvalue weighted by atomic mass is 10.2. The summed E-state index contributed by atoms with van der Waals surface area (Å²) < 4.78 is 11.1. The summed E-state index contributed by atoms with van der Waals surface area (Å²) in [6.45, 7) is 0.0690. The first kappa shape index (κ1) is 16.4. The Labute approximate surface area is 151 Å². The quantitative estimate of drug-likeness (QED) is 0.554. The Morgan fingerprint density at radius 2 is 1.57 bits per heavy atom.